The Morgan fingerprint density at radius 1 is 1.32 bits per heavy atom. The summed E-state index contributed by atoms with van der Waals surface area (Å²) in [6.45, 7) is 1.72. The van der Waals surface area contributed by atoms with Crippen LogP contribution in [0.5, 0.6) is 5.75 Å². The number of nitrogens with zero attached hydrogens (tertiary/aromatic N) is 2. The summed E-state index contributed by atoms with van der Waals surface area (Å²) in [5.74, 6) is 0.605. The lowest BCUT2D eigenvalue weighted by Crippen LogP contribution is -2.20. The van der Waals surface area contributed by atoms with E-state index in [0.717, 1.165) is 5.69 Å². The van der Waals surface area contributed by atoms with Crippen LogP contribution >= 0.6 is 0 Å². The van der Waals surface area contributed by atoms with Crippen molar-refractivity contribution in [3.63, 3.8) is 0 Å². The van der Waals surface area contributed by atoms with E-state index in [1.807, 2.05) is 0 Å². The lowest BCUT2D eigenvalue weighted by atomic mass is 10.3. The molecule has 0 saturated carbocycles. The molecular formula is C12H13N3O4. The normalized spacial score (nSPS) is 10.3. The molecule has 1 aromatic heterocycles. The Bertz CT molecular complexity index is 510. The van der Waals surface area contributed by atoms with Crippen LogP contribution in [0.4, 0.5) is 5.69 Å². The highest BCUT2D eigenvalue weighted by atomic mass is 16.6. The molecule has 1 heterocycles. The maximum absolute atomic E-state index is 10.5. The first-order valence-corrected chi connectivity index (χ1v) is 5.73. The van der Waals surface area contributed by atoms with Crippen LogP contribution in [0.1, 0.15) is 5.69 Å². The van der Waals surface area contributed by atoms with E-state index >= 15 is 0 Å². The van der Waals surface area contributed by atoms with Crippen molar-refractivity contribution in [1.82, 2.24) is 10.5 Å². The van der Waals surface area contributed by atoms with Gasteiger partial charge in [-0.25, -0.2) is 0 Å². The second kappa shape index (κ2) is 6.50. The van der Waals surface area contributed by atoms with Gasteiger partial charge in [-0.1, -0.05) is 5.16 Å². The van der Waals surface area contributed by atoms with Crippen LogP contribution in [0.3, 0.4) is 0 Å². The van der Waals surface area contributed by atoms with Gasteiger partial charge in [0, 0.05) is 31.3 Å². The summed E-state index contributed by atoms with van der Waals surface area (Å²) in [6, 6.07) is 7.77. The maximum atomic E-state index is 10.5. The average molecular weight is 263 g/mol. The van der Waals surface area contributed by atoms with E-state index in [0.29, 0.717) is 25.4 Å². The van der Waals surface area contributed by atoms with E-state index < -0.39 is 4.92 Å². The molecule has 0 aliphatic heterocycles. The summed E-state index contributed by atoms with van der Waals surface area (Å²) in [7, 11) is 0. The summed E-state index contributed by atoms with van der Waals surface area (Å²) in [5, 5.41) is 17.4. The van der Waals surface area contributed by atoms with Crippen LogP contribution in [0, 0.1) is 10.1 Å². The molecule has 19 heavy (non-hydrogen) atoms. The van der Waals surface area contributed by atoms with Crippen molar-refractivity contribution in [2.24, 2.45) is 0 Å². The van der Waals surface area contributed by atoms with Gasteiger partial charge in [0.2, 0.25) is 0 Å². The van der Waals surface area contributed by atoms with E-state index in [2.05, 4.69) is 10.5 Å². The highest BCUT2D eigenvalue weighted by molar-refractivity contribution is 5.35. The van der Waals surface area contributed by atoms with Gasteiger partial charge in [-0.05, 0) is 12.1 Å². The Morgan fingerprint density at radius 2 is 2.11 bits per heavy atom. The third kappa shape index (κ3) is 4.07. The van der Waals surface area contributed by atoms with Crippen LogP contribution in [0.25, 0.3) is 0 Å². The molecular weight excluding hydrogens is 250 g/mol. The van der Waals surface area contributed by atoms with Gasteiger partial charge in [0.1, 0.15) is 18.6 Å². The molecule has 0 unspecified atom stereocenters. The number of nitrogens with one attached hydrogen (secondary N) is 1. The molecule has 0 radical (unpaired) electrons. The fourth-order valence-electron chi connectivity index (χ4n) is 1.45. The number of non-ortho nitro benzene ring substituents is 1. The summed E-state index contributed by atoms with van der Waals surface area (Å²) in [5.41, 5.74) is 0.881. The molecule has 0 fully saturated rings. The Labute approximate surface area is 109 Å². The van der Waals surface area contributed by atoms with Crippen LogP contribution in [0.2, 0.25) is 0 Å². The molecule has 2 aromatic rings. The van der Waals surface area contributed by atoms with Gasteiger partial charge in [0.25, 0.3) is 5.69 Å². The Hall–Kier alpha value is -2.41. The molecule has 0 atom stereocenters. The van der Waals surface area contributed by atoms with Gasteiger partial charge in [-0.3, -0.25) is 10.1 Å². The number of hydrogen-bond acceptors (Lipinski definition) is 6. The van der Waals surface area contributed by atoms with Crippen molar-refractivity contribution in [2.45, 2.75) is 6.54 Å². The number of aromatic nitrogens is 1. The van der Waals surface area contributed by atoms with Gasteiger partial charge in [-0.2, -0.15) is 0 Å². The predicted octanol–water partition coefficient (Wildman–Crippen LogP) is 1.75. The van der Waals surface area contributed by atoms with Gasteiger partial charge >= 0.3 is 0 Å². The number of hydrogen-bond donors (Lipinski definition) is 1. The van der Waals surface area contributed by atoms with Gasteiger partial charge in [0.15, 0.2) is 0 Å². The monoisotopic (exact) mass is 263 g/mol. The molecule has 0 amide bonds. The van der Waals surface area contributed by atoms with Crippen molar-refractivity contribution in [1.29, 1.82) is 0 Å². The maximum Gasteiger partial charge on any atom is 0.269 e. The van der Waals surface area contributed by atoms with Crippen molar-refractivity contribution >= 4 is 5.69 Å². The minimum Gasteiger partial charge on any atom is -0.492 e. The van der Waals surface area contributed by atoms with E-state index in [1.165, 1.54) is 18.4 Å². The van der Waals surface area contributed by atoms with E-state index in [-0.39, 0.29) is 5.69 Å². The number of rotatable bonds is 7. The predicted molar refractivity (Wildman–Crippen MR) is 66.8 cm³/mol. The summed E-state index contributed by atoms with van der Waals surface area (Å²) < 4.78 is 10.1. The summed E-state index contributed by atoms with van der Waals surface area (Å²) in [6.07, 6.45) is 1.52. The third-order valence-electron chi connectivity index (χ3n) is 2.39. The lowest BCUT2D eigenvalue weighted by molar-refractivity contribution is -0.384. The van der Waals surface area contributed by atoms with Crippen LogP contribution in [-0.4, -0.2) is 23.2 Å². The zero-order chi connectivity index (χ0) is 13.5. The number of ether oxygens (including phenoxy) is 1. The highest BCUT2D eigenvalue weighted by Gasteiger charge is 2.04. The zero-order valence-corrected chi connectivity index (χ0v) is 10.1. The van der Waals surface area contributed by atoms with Crippen molar-refractivity contribution in [2.75, 3.05) is 13.2 Å². The molecule has 0 spiro atoms. The highest BCUT2D eigenvalue weighted by Crippen LogP contribution is 2.16. The average Bonchev–Trinajstić information content (AvgIpc) is 2.92. The van der Waals surface area contributed by atoms with Gasteiger partial charge < -0.3 is 14.6 Å². The molecule has 7 nitrogen and oxygen atoms in total. The molecule has 0 saturated heterocycles. The Morgan fingerprint density at radius 3 is 2.74 bits per heavy atom. The smallest absolute Gasteiger partial charge is 0.269 e. The number of nitro groups is 1. The SMILES string of the molecule is O=[N+]([O-])c1ccc(OCCNCc2ccon2)cc1. The Kier molecular flexibility index (Phi) is 4.46. The fourth-order valence-corrected chi connectivity index (χ4v) is 1.45. The minimum atomic E-state index is -0.441. The third-order valence-corrected chi connectivity index (χ3v) is 2.39. The molecule has 2 rings (SSSR count). The second-order valence-corrected chi connectivity index (χ2v) is 3.77. The molecule has 1 N–H and O–H groups in total. The van der Waals surface area contributed by atoms with Crippen LogP contribution in [-0.2, 0) is 6.54 Å². The first-order valence-electron chi connectivity index (χ1n) is 5.73. The number of benzene rings is 1. The minimum absolute atomic E-state index is 0.0523. The first-order chi connectivity index (χ1) is 9.25. The van der Waals surface area contributed by atoms with E-state index in [9.17, 15) is 10.1 Å². The zero-order valence-electron chi connectivity index (χ0n) is 10.1. The van der Waals surface area contributed by atoms with Crippen molar-refractivity contribution < 1.29 is 14.2 Å². The molecule has 0 aliphatic carbocycles. The van der Waals surface area contributed by atoms with Crippen LogP contribution in [0.15, 0.2) is 41.1 Å². The molecule has 0 aliphatic rings. The number of nitro benzene ring substituents is 1. The fraction of sp³-hybridized carbons (Fsp3) is 0.250. The molecule has 1 aromatic carbocycles. The molecule has 7 heteroatoms. The van der Waals surface area contributed by atoms with E-state index in [1.54, 1.807) is 18.2 Å². The second-order valence-electron chi connectivity index (χ2n) is 3.77. The topological polar surface area (TPSA) is 90.4 Å². The molecule has 0 bridgehead atoms. The van der Waals surface area contributed by atoms with Gasteiger partial charge in [0.05, 0.1) is 10.6 Å². The lowest BCUT2D eigenvalue weighted by Gasteiger charge is -2.06. The standard InChI is InChI=1S/C12H13N3O4/c16-15(17)11-1-3-12(4-2-11)18-8-6-13-9-10-5-7-19-14-10/h1-5,7,13H,6,8-9H2. The summed E-state index contributed by atoms with van der Waals surface area (Å²) >= 11 is 0. The largest absolute Gasteiger partial charge is 0.492 e. The quantitative estimate of drug-likeness (QED) is 0.465. The van der Waals surface area contributed by atoms with Crippen molar-refractivity contribution in [3.05, 3.63) is 52.4 Å². The first kappa shape index (κ1) is 13.0. The van der Waals surface area contributed by atoms with Gasteiger partial charge in [-0.15, -0.1) is 0 Å². The molecule has 100 valence electrons. The van der Waals surface area contributed by atoms with Crippen molar-refractivity contribution in [3.8, 4) is 5.75 Å². The Balaban J connectivity index is 1.66. The van der Waals surface area contributed by atoms with Crippen LogP contribution < -0.4 is 10.1 Å². The van der Waals surface area contributed by atoms with E-state index in [4.69, 9.17) is 9.26 Å². The summed E-state index contributed by atoms with van der Waals surface area (Å²) in [4.78, 5) is 10.0.